The van der Waals surface area contributed by atoms with Gasteiger partial charge >= 0.3 is 0 Å². The van der Waals surface area contributed by atoms with Gasteiger partial charge in [-0.1, -0.05) is 43.6 Å². The van der Waals surface area contributed by atoms with Gasteiger partial charge < -0.3 is 9.30 Å². The first kappa shape index (κ1) is 16.1. The second-order valence-electron chi connectivity index (χ2n) is 5.11. The molecule has 114 valence electrons. The van der Waals surface area contributed by atoms with Gasteiger partial charge in [-0.3, -0.25) is 0 Å². The Morgan fingerprint density at radius 3 is 2.33 bits per heavy atom. The van der Waals surface area contributed by atoms with Gasteiger partial charge in [-0.15, -0.1) is 0 Å². The highest BCUT2D eigenvalue weighted by Gasteiger charge is 2.18. The lowest BCUT2D eigenvalue weighted by Crippen LogP contribution is -2.09. The van der Waals surface area contributed by atoms with E-state index in [0.717, 1.165) is 30.9 Å². The maximum atomic E-state index is 6.28. The minimum Gasteiger partial charge on any atom is -0.383 e. The highest BCUT2D eigenvalue weighted by atomic mass is 35.5. The molecule has 3 nitrogen and oxygen atoms in total. The number of imidazole rings is 1. The number of rotatable bonds is 6. The summed E-state index contributed by atoms with van der Waals surface area (Å²) in [5.74, 6) is 0.962. The van der Waals surface area contributed by atoms with Crippen LogP contribution in [0.3, 0.4) is 0 Å². The Morgan fingerprint density at radius 1 is 1.19 bits per heavy atom. The fraction of sp³-hybridized carbons (Fsp3) is 0.471. The van der Waals surface area contributed by atoms with Crippen LogP contribution in [0.4, 0.5) is 0 Å². The Bertz CT molecular complexity index is 597. The number of methoxy groups -OCH3 is 1. The van der Waals surface area contributed by atoms with Crippen LogP contribution in [0.2, 0.25) is 5.15 Å². The summed E-state index contributed by atoms with van der Waals surface area (Å²) in [5.41, 5.74) is 4.86. The van der Waals surface area contributed by atoms with Crippen molar-refractivity contribution >= 4 is 11.6 Å². The van der Waals surface area contributed by atoms with E-state index in [9.17, 15) is 0 Å². The molecule has 0 fully saturated rings. The SMILES string of the molecule is CCc1cccc(CC)c1-c1nc(Cl)c(C)n1CCOC. The number of ether oxygens (including phenoxy) is 1. The van der Waals surface area contributed by atoms with E-state index in [4.69, 9.17) is 16.3 Å². The number of nitrogens with zero attached hydrogens (tertiary/aromatic N) is 2. The first-order chi connectivity index (χ1) is 10.1. The molecule has 0 spiro atoms. The van der Waals surface area contributed by atoms with Gasteiger partial charge in [0.15, 0.2) is 5.15 Å². The minimum atomic E-state index is 0.578. The van der Waals surface area contributed by atoms with Crippen molar-refractivity contribution in [2.45, 2.75) is 40.2 Å². The Labute approximate surface area is 131 Å². The molecule has 0 aliphatic carbocycles. The molecule has 0 saturated carbocycles. The smallest absolute Gasteiger partial charge is 0.150 e. The van der Waals surface area contributed by atoms with Gasteiger partial charge in [0.2, 0.25) is 0 Å². The Hall–Kier alpha value is -1.32. The third-order valence-corrected chi connectivity index (χ3v) is 4.26. The molecule has 1 aromatic heterocycles. The summed E-state index contributed by atoms with van der Waals surface area (Å²) in [4.78, 5) is 4.62. The zero-order chi connectivity index (χ0) is 15.4. The van der Waals surface area contributed by atoms with E-state index in [-0.39, 0.29) is 0 Å². The van der Waals surface area contributed by atoms with Crippen molar-refractivity contribution in [3.8, 4) is 11.4 Å². The summed E-state index contributed by atoms with van der Waals surface area (Å²) < 4.78 is 7.39. The summed E-state index contributed by atoms with van der Waals surface area (Å²) in [6.07, 6.45) is 1.97. The van der Waals surface area contributed by atoms with Gasteiger partial charge in [0.25, 0.3) is 0 Å². The summed E-state index contributed by atoms with van der Waals surface area (Å²) in [7, 11) is 1.71. The lowest BCUT2D eigenvalue weighted by Gasteiger charge is -2.15. The average molecular weight is 307 g/mol. The van der Waals surface area contributed by atoms with E-state index in [2.05, 4.69) is 41.6 Å². The summed E-state index contributed by atoms with van der Waals surface area (Å²) >= 11 is 6.28. The van der Waals surface area contributed by atoms with Crippen molar-refractivity contribution < 1.29 is 4.74 Å². The van der Waals surface area contributed by atoms with Crippen LogP contribution in [0, 0.1) is 6.92 Å². The third kappa shape index (κ3) is 3.14. The molecular weight excluding hydrogens is 284 g/mol. The third-order valence-electron chi connectivity index (χ3n) is 3.90. The fourth-order valence-electron chi connectivity index (χ4n) is 2.68. The first-order valence-corrected chi connectivity index (χ1v) is 7.84. The molecule has 2 rings (SSSR count). The van der Waals surface area contributed by atoms with E-state index in [1.807, 2.05) is 6.92 Å². The second-order valence-corrected chi connectivity index (χ2v) is 5.47. The normalized spacial score (nSPS) is 11.1. The standard InChI is InChI=1S/C17H23ClN2O/c1-5-13-8-7-9-14(6-2)15(13)17-19-16(18)12(3)20(17)10-11-21-4/h7-9H,5-6,10-11H2,1-4H3. The molecule has 0 radical (unpaired) electrons. The van der Waals surface area contributed by atoms with Gasteiger partial charge in [0, 0.05) is 19.2 Å². The molecule has 1 aromatic carbocycles. The molecule has 0 atom stereocenters. The van der Waals surface area contributed by atoms with Gasteiger partial charge in [-0.05, 0) is 30.9 Å². The Balaban J connectivity index is 2.63. The van der Waals surface area contributed by atoms with E-state index in [1.165, 1.54) is 16.7 Å². The predicted molar refractivity (Wildman–Crippen MR) is 88.0 cm³/mol. The van der Waals surface area contributed by atoms with Crippen molar-refractivity contribution in [1.29, 1.82) is 0 Å². The van der Waals surface area contributed by atoms with Gasteiger partial charge in [0.1, 0.15) is 5.82 Å². The largest absolute Gasteiger partial charge is 0.383 e. The van der Waals surface area contributed by atoms with Crippen LogP contribution in [-0.4, -0.2) is 23.3 Å². The molecule has 0 amide bonds. The molecular formula is C17H23ClN2O. The van der Waals surface area contributed by atoms with Gasteiger partial charge in [0.05, 0.1) is 12.3 Å². The summed E-state index contributed by atoms with van der Waals surface area (Å²) in [5, 5.41) is 0.578. The summed E-state index contributed by atoms with van der Waals surface area (Å²) in [6.45, 7) is 7.77. The molecule has 21 heavy (non-hydrogen) atoms. The van der Waals surface area contributed by atoms with Crippen molar-refractivity contribution in [3.63, 3.8) is 0 Å². The maximum Gasteiger partial charge on any atom is 0.150 e. The molecule has 0 aliphatic heterocycles. The highest BCUT2D eigenvalue weighted by Crippen LogP contribution is 2.31. The first-order valence-electron chi connectivity index (χ1n) is 7.46. The molecule has 0 aliphatic rings. The Morgan fingerprint density at radius 2 is 1.81 bits per heavy atom. The monoisotopic (exact) mass is 306 g/mol. The number of aryl methyl sites for hydroxylation is 2. The van der Waals surface area contributed by atoms with Crippen LogP contribution in [0.5, 0.6) is 0 Å². The van der Waals surface area contributed by atoms with Crippen molar-refractivity contribution in [3.05, 3.63) is 40.2 Å². The second kappa shape index (κ2) is 7.10. The number of aromatic nitrogens is 2. The molecule has 0 bridgehead atoms. The quantitative estimate of drug-likeness (QED) is 0.796. The molecule has 0 unspecified atom stereocenters. The van der Waals surface area contributed by atoms with Crippen LogP contribution in [0.1, 0.15) is 30.7 Å². The topological polar surface area (TPSA) is 27.1 Å². The van der Waals surface area contributed by atoms with Gasteiger partial charge in [-0.25, -0.2) is 4.98 Å². The van der Waals surface area contributed by atoms with E-state index < -0.39 is 0 Å². The van der Waals surface area contributed by atoms with Crippen molar-refractivity contribution in [1.82, 2.24) is 9.55 Å². The van der Waals surface area contributed by atoms with Crippen LogP contribution in [-0.2, 0) is 24.1 Å². The number of hydrogen-bond acceptors (Lipinski definition) is 2. The molecule has 0 saturated heterocycles. The molecule has 0 N–H and O–H groups in total. The van der Waals surface area contributed by atoms with E-state index in [1.54, 1.807) is 7.11 Å². The Kier molecular flexibility index (Phi) is 5.43. The average Bonchev–Trinajstić information content (AvgIpc) is 2.79. The van der Waals surface area contributed by atoms with Crippen LogP contribution < -0.4 is 0 Å². The van der Waals surface area contributed by atoms with Gasteiger partial charge in [-0.2, -0.15) is 0 Å². The number of halogens is 1. The lowest BCUT2D eigenvalue weighted by molar-refractivity contribution is 0.187. The zero-order valence-electron chi connectivity index (χ0n) is 13.2. The molecule has 4 heteroatoms. The number of hydrogen-bond donors (Lipinski definition) is 0. The van der Waals surface area contributed by atoms with Crippen LogP contribution in [0.15, 0.2) is 18.2 Å². The maximum absolute atomic E-state index is 6.28. The van der Waals surface area contributed by atoms with Crippen LogP contribution in [0.25, 0.3) is 11.4 Å². The minimum absolute atomic E-state index is 0.578. The molecule has 1 heterocycles. The van der Waals surface area contributed by atoms with Crippen molar-refractivity contribution in [2.75, 3.05) is 13.7 Å². The lowest BCUT2D eigenvalue weighted by atomic mass is 9.97. The zero-order valence-corrected chi connectivity index (χ0v) is 14.0. The van der Waals surface area contributed by atoms with E-state index >= 15 is 0 Å². The summed E-state index contributed by atoms with van der Waals surface area (Å²) in [6, 6.07) is 6.47. The van der Waals surface area contributed by atoms with Crippen molar-refractivity contribution in [2.24, 2.45) is 0 Å². The number of benzene rings is 1. The van der Waals surface area contributed by atoms with Crippen LogP contribution >= 0.6 is 11.6 Å². The highest BCUT2D eigenvalue weighted by molar-refractivity contribution is 6.30. The molecule has 2 aromatic rings. The predicted octanol–water partition coefficient (Wildman–Crippen LogP) is 4.28. The fourth-order valence-corrected chi connectivity index (χ4v) is 2.86. The van der Waals surface area contributed by atoms with E-state index in [0.29, 0.717) is 11.8 Å².